The molecule has 1 aromatic rings. The van der Waals surface area contributed by atoms with Gasteiger partial charge < -0.3 is 14.6 Å². The lowest BCUT2D eigenvalue weighted by Gasteiger charge is -2.10. The van der Waals surface area contributed by atoms with Crippen LogP contribution in [0.5, 0.6) is 11.5 Å². The summed E-state index contributed by atoms with van der Waals surface area (Å²) in [5.74, 6) is 1.71. The summed E-state index contributed by atoms with van der Waals surface area (Å²) in [6.07, 6.45) is 0. The number of hydrogen-bond acceptors (Lipinski definition) is 4. The van der Waals surface area contributed by atoms with Crippen LogP contribution < -0.4 is 9.47 Å². The van der Waals surface area contributed by atoms with E-state index in [0.29, 0.717) is 23.9 Å². The molecule has 0 fully saturated rings. The van der Waals surface area contributed by atoms with Crippen molar-refractivity contribution in [3.8, 4) is 11.5 Å². The van der Waals surface area contributed by atoms with E-state index < -0.39 is 5.97 Å². The quantitative estimate of drug-likeness (QED) is 0.736. The highest BCUT2D eigenvalue weighted by atomic mass is 32.2. The molecule has 0 saturated carbocycles. The standard InChI is InChI=1S/C13H18O4S/c1-10(13(14)15)9-18-8-7-17-12-6-4-3-5-11(12)16-2/h3-6,10H,7-9H2,1-2H3,(H,14,15). The van der Waals surface area contributed by atoms with Crippen LogP contribution in [0, 0.1) is 5.92 Å². The molecule has 1 aromatic carbocycles. The van der Waals surface area contributed by atoms with Gasteiger partial charge in [0.1, 0.15) is 0 Å². The monoisotopic (exact) mass is 270 g/mol. The number of rotatable bonds is 8. The molecule has 1 atom stereocenters. The first-order valence-electron chi connectivity index (χ1n) is 5.71. The van der Waals surface area contributed by atoms with Crippen LogP contribution in [0.15, 0.2) is 24.3 Å². The maximum absolute atomic E-state index is 10.6. The van der Waals surface area contributed by atoms with Crippen molar-refractivity contribution in [2.24, 2.45) is 5.92 Å². The number of aliphatic carboxylic acids is 1. The van der Waals surface area contributed by atoms with Crippen molar-refractivity contribution in [1.29, 1.82) is 0 Å². The number of thioether (sulfide) groups is 1. The predicted octanol–water partition coefficient (Wildman–Crippen LogP) is 2.53. The molecule has 0 aliphatic carbocycles. The van der Waals surface area contributed by atoms with Crippen molar-refractivity contribution < 1.29 is 19.4 Å². The molecule has 0 bridgehead atoms. The van der Waals surface area contributed by atoms with Gasteiger partial charge in [-0.25, -0.2) is 0 Å². The fourth-order valence-corrected chi connectivity index (χ4v) is 2.14. The summed E-state index contributed by atoms with van der Waals surface area (Å²) in [6.45, 7) is 2.24. The summed E-state index contributed by atoms with van der Waals surface area (Å²) < 4.78 is 10.7. The van der Waals surface area contributed by atoms with Gasteiger partial charge in [0.2, 0.25) is 0 Å². The lowest BCUT2D eigenvalue weighted by molar-refractivity contribution is -0.140. The first kappa shape index (κ1) is 14.7. The highest BCUT2D eigenvalue weighted by molar-refractivity contribution is 7.99. The van der Waals surface area contributed by atoms with Gasteiger partial charge in [0.15, 0.2) is 11.5 Å². The van der Waals surface area contributed by atoms with Gasteiger partial charge in [-0.3, -0.25) is 4.79 Å². The molecule has 0 saturated heterocycles. The van der Waals surface area contributed by atoms with Gasteiger partial charge in [0.05, 0.1) is 19.6 Å². The molecule has 0 radical (unpaired) electrons. The molecular weight excluding hydrogens is 252 g/mol. The highest BCUT2D eigenvalue weighted by Crippen LogP contribution is 2.25. The molecule has 4 nitrogen and oxygen atoms in total. The summed E-state index contributed by atoms with van der Waals surface area (Å²) in [5.41, 5.74) is 0. The maximum atomic E-state index is 10.6. The third-order valence-corrected chi connectivity index (χ3v) is 3.53. The van der Waals surface area contributed by atoms with E-state index in [9.17, 15) is 4.79 Å². The van der Waals surface area contributed by atoms with Crippen LogP contribution in [0.3, 0.4) is 0 Å². The van der Waals surface area contributed by atoms with Crippen LogP contribution in [0.1, 0.15) is 6.92 Å². The molecule has 1 rings (SSSR count). The number of carbonyl (C=O) groups is 1. The molecule has 0 heterocycles. The van der Waals surface area contributed by atoms with Gasteiger partial charge in [-0.1, -0.05) is 19.1 Å². The Balaban J connectivity index is 2.24. The lowest BCUT2D eigenvalue weighted by Crippen LogP contribution is -2.13. The van der Waals surface area contributed by atoms with Crippen molar-refractivity contribution in [2.75, 3.05) is 25.2 Å². The molecule has 100 valence electrons. The van der Waals surface area contributed by atoms with Crippen molar-refractivity contribution >= 4 is 17.7 Å². The SMILES string of the molecule is COc1ccccc1OCCSCC(C)C(=O)O. The van der Waals surface area contributed by atoms with Gasteiger partial charge in [-0.2, -0.15) is 11.8 Å². The van der Waals surface area contributed by atoms with Crippen molar-refractivity contribution in [1.82, 2.24) is 0 Å². The Bertz CT molecular complexity index is 381. The van der Waals surface area contributed by atoms with Crippen molar-refractivity contribution in [3.63, 3.8) is 0 Å². The third kappa shape index (κ3) is 4.87. The predicted molar refractivity (Wildman–Crippen MR) is 72.6 cm³/mol. The molecule has 0 amide bonds. The zero-order chi connectivity index (χ0) is 13.4. The Morgan fingerprint density at radius 2 is 2.06 bits per heavy atom. The normalized spacial score (nSPS) is 11.9. The van der Waals surface area contributed by atoms with E-state index in [0.717, 1.165) is 5.75 Å². The second-order valence-electron chi connectivity index (χ2n) is 3.81. The molecular formula is C13H18O4S. The maximum Gasteiger partial charge on any atom is 0.307 e. The Hall–Kier alpha value is -1.36. The molecule has 0 spiro atoms. The number of benzene rings is 1. The molecule has 0 aliphatic rings. The van der Waals surface area contributed by atoms with E-state index >= 15 is 0 Å². The van der Waals surface area contributed by atoms with E-state index in [2.05, 4.69) is 0 Å². The van der Waals surface area contributed by atoms with Crippen LogP contribution in [0.25, 0.3) is 0 Å². The second-order valence-corrected chi connectivity index (χ2v) is 4.96. The van der Waals surface area contributed by atoms with Crippen LogP contribution >= 0.6 is 11.8 Å². The number of para-hydroxylation sites is 2. The third-order valence-electron chi connectivity index (χ3n) is 2.34. The average Bonchev–Trinajstić information content (AvgIpc) is 2.38. The van der Waals surface area contributed by atoms with Gasteiger partial charge in [-0.15, -0.1) is 0 Å². The zero-order valence-electron chi connectivity index (χ0n) is 10.6. The Labute approximate surface area is 111 Å². The van der Waals surface area contributed by atoms with Crippen molar-refractivity contribution in [2.45, 2.75) is 6.92 Å². The first-order valence-corrected chi connectivity index (χ1v) is 6.87. The molecule has 1 unspecified atom stereocenters. The molecule has 18 heavy (non-hydrogen) atoms. The minimum atomic E-state index is -0.756. The Morgan fingerprint density at radius 1 is 1.39 bits per heavy atom. The fourth-order valence-electron chi connectivity index (χ4n) is 1.28. The van der Waals surface area contributed by atoms with E-state index in [1.807, 2.05) is 24.3 Å². The summed E-state index contributed by atoms with van der Waals surface area (Å²) in [4.78, 5) is 10.6. The fraction of sp³-hybridized carbons (Fsp3) is 0.462. The van der Waals surface area contributed by atoms with E-state index in [1.165, 1.54) is 0 Å². The zero-order valence-corrected chi connectivity index (χ0v) is 11.4. The minimum Gasteiger partial charge on any atom is -0.493 e. The van der Waals surface area contributed by atoms with Crippen LogP contribution in [-0.4, -0.2) is 36.3 Å². The van der Waals surface area contributed by atoms with Crippen LogP contribution in [0.2, 0.25) is 0 Å². The number of ether oxygens (including phenoxy) is 2. The molecule has 5 heteroatoms. The van der Waals surface area contributed by atoms with Gasteiger partial charge >= 0.3 is 5.97 Å². The summed E-state index contributed by atoms with van der Waals surface area (Å²) in [7, 11) is 1.60. The van der Waals surface area contributed by atoms with E-state index in [4.69, 9.17) is 14.6 Å². The average molecular weight is 270 g/mol. The van der Waals surface area contributed by atoms with E-state index in [-0.39, 0.29) is 5.92 Å². The summed E-state index contributed by atoms with van der Waals surface area (Å²) in [6, 6.07) is 7.46. The first-order chi connectivity index (χ1) is 8.65. The molecule has 0 aromatic heterocycles. The number of carboxylic acids is 1. The van der Waals surface area contributed by atoms with Gasteiger partial charge in [0.25, 0.3) is 0 Å². The molecule has 0 aliphatic heterocycles. The number of hydrogen-bond donors (Lipinski definition) is 1. The minimum absolute atomic E-state index is 0.318. The molecule has 1 N–H and O–H groups in total. The summed E-state index contributed by atoms with van der Waals surface area (Å²) >= 11 is 1.58. The van der Waals surface area contributed by atoms with Gasteiger partial charge in [-0.05, 0) is 12.1 Å². The highest BCUT2D eigenvalue weighted by Gasteiger charge is 2.10. The topological polar surface area (TPSA) is 55.8 Å². The Kier molecular flexibility index (Phi) is 6.43. The summed E-state index contributed by atoms with van der Waals surface area (Å²) in [5, 5.41) is 8.72. The lowest BCUT2D eigenvalue weighted by atomic mass is 10.2. The van der Waals surface area contributed by atoms with E-state index in [1.54, 1.807) is 25.8 Å². The largest absolute Gasteiger partial charge is 0.493 e. The van der Waals surface area contributed by atoms with Crippen molar-refractivity contribution in [3.05, 3.63) is 24.3 Å². The van der Waals surface area contributed by atoms with Gasteiger partial charge in [0, 0.05) is 11.5 Å². The second kappa shape index (κ2) is 7.87. The van der Waals surface area contributed by atoms with Crippen LogP contribution in [-0.2, 0) is 4.79 Å². The Morgan fingerprint density at radius 3 is 2.67 bits per heavy atom. The smallest absolute Gasteiger partial charge is 0.307 e. The van der Waals surface area contributed by atoms with Crippen LogP contribution in [0.4, 0.5) is 0 Å². The number of carboxylic acid groups (broad SMARTS) is 1. The number of methoxy groups -OCH3 is 1.